The number of terminal acetylenes is 1. The number of aromatic nitrogens is 2. The molecule has 0 aliphatic heterocycles. The minimum Gasteiger partial charge on any atom is -0.473 e. The third-order valence-corrected chi connectivity index (χ3v) is 6.63. The van der Waals surface area contributed by atoms with E-state index in [1.54, 1.807) is 12.1 Å². The van der Waals surface area contributed by atoms with Gasteiger partial charge in [0.2, 0.25) is 5.75 Å². The molecule has 1 saturated carbocycles. The Kier molecular flexibility index (Phi) is 7.44. The molecule has 1 heterocycles. The average Bonchev–Trinajstić information content (AvgIpc) is 2.83. The molecule has 34 heavy (non-hydrogen) atoms. The van der Waals surface area contributed by atoms with Gasteiger partial charge in [-0.3, -0.25) is 14.9 Å². The largest absolute Gasteiger partial charge is 0.473 e. The molecule has 0 saturated heterocycles. The van der Waals surface area contributed by atoms with Crippen LogP contribution in [0.2, 0.25) is 0 Å². The standard InChI is InChI=1S/C24H20Br2N4O4/c1-2-10-34-22-16(11-18(26)13-21(22)30(32)33)14-27-29-23(15-6-4-3-5-7-15)28-20-9-8-17(25)12-19(20)24(29)31/h1,8-9,11-15H,3-7,10H2. The first kappa shape index (κ1) is 24.1. The lowest BCUT2D eigenvalue weighted by Crippen LogP contribution is -2.25. The summed E-state index contributed by atoms with van der Waals surface area (Å²) in [4.78, 5) is 29.3. The summed E-state index contributed by atoms with van der Waals surface area (Å²) in [6.07, 6.45) is 11.8. The molecule has 0 unspecified atom stereocenters. The van der Waals surface area contributed by atoms with Crippen molar-refractivity contribution in [3.8, 4) is 18.1 Å². The van der Waals surface area contributed by atoms with Crippen LogP contribution in [-0.4, -0.2) is 27.4 Å². The highest BCUT2D eigenvalue weighted by atomic mass is 79.9. The molecule has 4 rings (SSSR count). The van der Waals surface area contributed by atoms with E-state index < -0.39 is 4.92 Å². The first-order chi connectivity index (χ1) is 16.4. The maximum Gasteiger partial charge on any atom is 0.312 e. The maximum atomic E-state index is 13.5. The highest BCUT2D eigenvalue weighted by Gasteiger charge is 2.24. The van der Waals surface area contributed by atoms with Crippen molar-refractivity contribution in [2.45, 2.75) is 38.0 Å². The Morgan fingerprint density at radius 1 is 1.24 bits per heavy atom. The van der Waals surface area contributed by atoms with Gasteiger partial charge in [-0.05, 0) is 37.1 Å². The van der Waals surface area contributed by atoms with Crippen molar-refractivity contribution >= 4 is 54.7 Å². The predicted molar refractivity (Wildman–Crippen MR) is 138 cm³/mol. The van der Waals surface area contributed by atoms with Gasteiger partial charge >= 0.3 is 5.69 Å². The van der Waals surface area contributed by atoms with E-state index in [2.05, 4.69) is 42.9 Å². The van der Waals surface area contributed by atoms with Gasteiger partial charge in [-0.15, -0.1) is 6.42 Å². The van der Waals surface area contributed by atoms with Crippen molar-refractivity contribution in [3.05, 3.63) is 71.1 Å². The molecule has 0 atom stereocenters. The van der Waals surface area contributed by atoms with E-state index in [4.69, 9.17) is 16.1 Å². The van der Waals surface area contributed by atoms with Crippen LogP contribution in [-0.2, 0) is 0 Å². The molecule has 0 bridgehead atoms. The van der Waals surface area contributed by atoms with Crippen molar-refractivity contribution in [1.29, 1.82) is 0 Å². The number of hydrogen-bond donors (Lipinski definition) is 0. The van der Waals surface area contributed by atoms with Crippen LogP contribution < -0.4 is 10.3 Å². The summed E-state index contributed by atoms with van der Waals surface area (Å²) in [6.45, 7) is -0.151. The molecule has 0 radical (unpaired) electrons. The lowest BCUT2D eigenvalue weighted by atomic mass is 9.88. The first-order valence-electron chi connectivity index (χ1n) is 10.7. The third kappa shape index (κ3) is 5.05. The summed E-state index contributed by atoms with van der Waals surface area (Å²) in [5.41, 5.74) is 0.355. The number of hydrogen-bond acceptors (Lipinski definition) is 6. The van der Waals surface area contributed by atoms with Gasteiger partial charge in [0.25, 0.3) is 5.56 Å². The lowest BCUT2D eigenvalue weighted by Gasteiger charge is -2.22. The fourth-order valence-corrected chi connectivity index (χ4v) is 4.95. The molecule has 1 fully saturated rings. The van der Waals surface area contributed by atoms with E-state index in [1.807, 2.05) is 12.1 Å². The topological polar surface area (TPSA) is 99.6 Å². The summed E-state index contributed by atoms with van der Waals surface area (Å²) in [5.74, 6) is 2.99. The van der Waals surface area contributed by atoms with E-state index >= 15 is 0 Å². The highest BCUT2D eigenvalue weighted by molar-refractivity contribution is 9.10. The molecule has 1 aliphatic carbocycles. The normalized spacial score (nSPS) is 14.4. The maximum absolute atomic E-state index is 13.5. The Labute approximate surface area is 212 Å². The van der Waals surface area contributed by atoms with Crippen molar-refractivity contribution in [3.63, 3.8) is 0 Å². The third-order valence-electron chi connectivity index (χ3n) is 5.68. The van der Waals surface area contributed by atoms with Gasteiger partial charge < -0.3 is 4.74 Å². The van der Waals surface area contributed by atoms with Gasteiger partial charge in [-0.2, -0.15) is 9.78 Å². The van der Waals surface area contributed by atoms with Crippen LogP contribution in [0.5, 0.6) is 5.75 Å². The predicted octanol–water partition coefficient (Wildman–Crippen LogP) is 5.77. The quantitative estimate of drug-likeness (QED) is 0.158. The second-order valence-corrected chi connectivity index (χ2v) is 9.75. The van der Waals surface area contributed by atoms with Crippen molar-refractivity contribution in [2.24, 2.45) is 5.10 Å². The van der Waals surface area contributed by atoms with Crippen LogP contribution in [0.4, 0.5) is 5.69 Å². The zero-order valence-corrected chi connectivity index (χ0v) is 21.2. The van der Waals surface area contributed by atoms with Gasteiger partial charge in [0.05, 0.1) is 22.0 Å². The van der Waals surface area contributed by atoms with Crippen LogP contribution in [0.15, 0.2) is 49.2 Å². The van der Waals surface area contributed by atoms with Gasteiger partial charge in [0.1, 0.15) is 12.4 Å². The molecule has 3 aromatic rings. The molecule has 8 nitrogen and oxygen atoms in total. The zero-order valence-electron chi connectivity index (χ0n) is 18.0. The van der Waals surface area contributed by atoms with E-state index in [0.29, 0.717) is 26.8 Å². The number of benzene rings is 2. The molecule has 0 amide bonds. The fourth-order valence-electron chi connectivity index (χ4n) is 4.12. The summed E-state index contributed by atoms with van der Waals surface area (Å²) in [6, 6.07) is 8.33. The minimum atomic E-state index is -0.553. The van der Waals surface area contributed by atoms with Crippen molar-refractivity contribution in [1.82, 2.24) is 9.66 Å². The van der Waals surface area contributed by atoms with E-state index in [-0.39, 0.29) is 29.5 Å². The van der Waals surface area contributed by atoms with Crippen LogP contribution >= 0.6 is 31.9 Å². The number of nitrogens with zero attached hydrogens (tertiary/aromatic N) is 4. The Bertz CT molecular complexity index is 1390. The van der Waals surface area contributed by atoms with Crippen LogP contribution in [0.25, 0.3) is 10.9 Å². The molecule has 0 spiro atoms. The van der Waals surface area contributed by atoms with Crippen molar-refractivity contribution in [2.75, 3.05) is 6.61 Å². The Balaban J connectivity index is 1.89. The van der Waals surface area contributed by atoms with E-state index in [1.165, 1.54) is 17.0 Å². The minimum absolute atomic E-state index is 0.0151. The van der Waals surface area contributed by atoms with Gasteiger partial charge in [-0.1, -0.05) is 57.0 Å². The first-order valence-corrected chi connectivity index (χ1v) is 12.3. The molecular formula is C24H20Br2N4O4. The highest BCUT2D eigenvalue weighted by Crippen LogP contribution is 2.35. The van der Waals surface area contributed by atoms with E-state index in [0.717, 1.165) is 36.6 Å². The summed E-state index contributed by atoms with van der Waals surface area (Å²) >= 11 is 6.70. The number of nitro benzene ring substituents is 1. The van der Waals surface area contributed by atoms with Crippen LogP contribution in [0.1, 0.15) is 49.4 Å². The summed E-state index contributed by atoms with van der Waals surface area (Å²) < 4.78 is 8.02. The van der Waals surface area contributed by atoms with Gasteiger partial charge in [-0.25, -0.2) is 4.98 Å². The average molecular weight is 588 g/mol. The molecule has 0 N–H and O–H groups in total. The SMILES string of the molecule is C#CCOc1c(C=Nn2c(C3CCCCC3)nc3ccc(Br)cc3c2=O)cc(Br)cc1[N+](=O)[O-]. The molecule has 2 aromatic carbocycles. The fraction of sp³-hybridized carbons (Fsp3) is 0.292. The van der Waals surface area contributed by atoms with Crippen molar-refractivity contribution < 1.29 is 9.66 Å². The molecule has 174 valence electrons. The van der Waals surface area contributed by atoms with Gasteiger partial charge in [0, 0.05) is 26.5 Å². The Morgan fingerprint density at radius 3 is 2.71 bits per heavy atom. The van der Waals surface area contributed by atoms with Gasteiger partial charge in [0.15, 0.2) is 0 Å². The molecule has 1 aromatic heterocycles. The monoisotopic (exact) mass is 586 g/mol. The summed E-state index contributed by atoms with van der Waals surface area (Å²) in [5, 5.41) is 16.5. The second kappa shape index (κ2) is 10.5. The Hall–Kier alpha value is -3.03. The van der Waals surface area contributed by atoms with Crippen LogP contribution in [0.3, 0.4) is 0 Å². The number of fused-ring (bicyclic) bond motifs is 1. The van der Waals surface area contributed by atoms with Crippen LogP contribution in [0, 0.1) is 22.5 Å². The molecular weight excluding hydrogens is 568 g/mol. The molecule has 1 aliphatic rings. The molecule has 10 heteroatoms. The zero-order chi connectivity index (χ0) is 24.2. The lowest BCUT2D eigenvalue weighted by molar-refractivity contribution is -0.385. The second-order valence-electron chi connectivity index (χ2n) is 7.92. The summed E-state index contributed by atoms with van der Waals surface area (Å²) in [7, 11) is 0. The smallest absolute Gasteiger partial charge is 0.312 e. The number of rotatable bonds is 6. The Morgan fingerprint density at radius 2 is 2.00 bits per heavy atom. The van der Waals surface area contributed by atoms with E-state index in [9.17, 15) is 14.9 Å². The number of nitro groups is 1. The number of ether oxygens (including phenoxy) is 1. The number of halogens is 2.